The predicted octanol–water partition coefficient (Wildman–Crippen LogP) is 2.42. The van der Waals surface area contributed by atoms with Gasteiger partial charge in [-0.1, -0.05) is 51.1 Å². The van der Waals surface area contributed by atoms with Crippen molar-refractivity contribution in [3.8, 4) is 0 Å². The highest BCUT2D eigenvalue weighted by Crippen LogP contribution is 2.17. The van der Waals surface area contributed by atoms with Crippen LogP contribution in [0.5, 0.6) is 0 Å². The van der Waals surface area contributed by atoms with Crippen LogP contribution in [0.3, 0.4) is 0 Å². The largest absolute Gasteiger partial charge is 0.480 e. The van der Waals surface area contributed by atoms with Crippen LogP contribution in [-0.4, -0.2) is 29.7 Å². The van der Waals surface area contributed by atoms with Gasteiger partial charge in [0.25, 0.3) is 0 Å². The number of carbonyl (C=O) groups excluding carboxylic acids is 1. The standard InChI is InChI=1S/C16H24N2O3/c1-4-16(2,3)11-17-15(21)18-13(14(19)20)10-12-8-6-5-7-9-12/h5-9,13H,4,10-11H2,1-3H3,(H,19,20)(H2,17,18,21). The molecule has 21 heavy (non-hydrogen) atoms. The number of hydrogen-bond acceptors (Lipinski definition) is 2. The van der Waals surface area contributed by atoms with E-state index in [0.717, 1.165) is 12.0 Å². The first-order valence-corrected chi connectivity index (χ1v) is 7.15. The van der Waals surface area contributed by atoms with Gasteiger partial charge >= 0.3 is 12.0 Å². The summed E-state index contributed by atoms with van der Waals surface area (Å²) in [6.45, 7) is 6.65. The van der Waals surface area contributed by atoms with Gasteiger partial charge in [0, 0.05) is 13.0 Å². The first kappa shape index (κ1) is 17.0. The summed E-state index contributed by atoms with van der Waals surface area (Å²) in [4.78, 5) is 23.1. The molecule has 5 nitrogen and oxygen atoms in total. The van der Waals surface area contributed by atoms with Crippen LogP contribution >= 0.6 is 0 Å². The third-order valence-electron chi connectivity index (χ3n) is 3.57. The van der Waals surface area contributed by atoms with E-state index < -0.39 is 18.0 Å². The number of hydrogen-bond donors (Lipinski definition) is 3. The molecule has 0 aliphatic carbocycles. The fourth-order valence-corrected chi connectivity index (χ4v) is 1.70. The number of carboxylic acids is 1. The maximum atomic E-state index is 11.8. The van der Waals surface area contributed by atoms with E-state index in [1.54, 1.807) is 0 Å². The normalized spacial score (nSPS) is 12.5. The van der Waals surface area contributed by atoms with Crippen molar-refractivity contribution in [1.29, 1.82) is 0 Å². The molecule has 0 bridgehead atoms. The molecule has 0 heterocycles. The number of benzene rings is 1. The molecule has 0 spiro atoms. The highest BCUT2D eigenvalue weighted by atomic mass is 16.4. The zero-order valence-electron chi connectivity index (χ0n) is 12.8. The Morgan fingerprint density at radius 3 is 2.38 bits per heavy atom. The Bertz CT molecular complexity index is 472. The zero-order valence-corrected chi connectivity index (χ0v) is 12.8. The average molecular weight is 292 g/mol. The monoisotopic (exact) mass is 292 g/mol. The number of carbonyl (C=O) groups is 2. The van der Waals surface area contributed by atoms with Crippen LogP contribution in [0.1, 0.15) is 32.8 Å². The average Bonchev–Trinajstić information content (AvgIpc) is 2.45. The van der Waals surface area contributed by atoms with Crippen LogP contribution in [0.2, 0.25) is 0 Å². The molecule has 3 N–H and O–H groups in total. The van der Waals surface area contributed by atoms with Crippen LogP contribution < -0.4 is 10.6 Å². The van der Waals surface area contributed by atoms with Gasteiger partial charge in [-0.25, -0.2) is 9.59 Å². The number of aliphatic carboxylic acids is 1. The third-order valence-corrected chi connectivity index (χ3v) is 3.57. The van der Waals surface area contributed by atoms with Gasteiger partial charge in [0.2, 0.25) is 0 Å². The Morgan fingerprint density at radius 1 is 1.24 bits per heavy atom. The molecule has 0 saturated carbocycles. The van der Waals surface area contributed by atoms with E-state index in [9.17, 15) is 14.7 Å². The van der Waals surface area contributed by atoms with E-state index >= 15 is 0 Å². The number of amides is 2. The Kier molecular flexibility index (Phi) is 6.21. The molecule has 0 saturated heterocycles. The molecule has 116 valence electrons. The predicted molar refractivity (Wildman–Crippen MR) is 82.2 cm³/mol. The van der Waals surface area contributed by atoms with Crippen LogP contribution in [0.15, 0.2) is 30.3 Å². The Balaban J connectivity index is 2.55. The summed E-state index contributed by atoms with van der Waals surface area (Å²) >= 11 is 0. The lowest BCUT2D eigenvalue weighted by Crippen LogP contribution is -2.48. The van der Waals surface area contributed by atoms with Crippen molar-refractivity contribution in [3.63, 3.8) is 0 Å². The summed E-state index contributed by atoms with van der Waals surface area (Å²) in [5, 5.41) is 14.5. The summed E-state index contributed by atoms with van der Waals surface area (Å²) in [7, 11) is 0. The molecular weight excluding hydrogens is 268 g/mol. The van der Waals surface area contributed by atoms with E-state index in [0.29, 0.717) is 6.54 Å². The number of urea groups is 1. The minimum atomic E-state index is -1.04. The van der Waals surface area contributed by atoms with E-state index in [-0.39, 0.29) is 11.8 Å². The van der Waals surface area contributed by atoms with Crippen molar-refractivity contribution < 1.29 is 14.7 Å². The summed E-state index contributed by atoms with van der Waals surface area (Å²) in [5.74, 6) is -1.04. The molecule has 1 aromatic rings. The van der Waals surface area contributed by atoms with Gasteiger partial charge in [0.05, 0.1) is 0 Å². The van der Waals surface area contributed by atoms with Crippen LogP contribution in [0, 0.1) is 5.41 Å². The van der Waals surface area contributed by atoms with Crippen LogP contribution in [0.4, 0.5) is 4.79 Å². The summed E-state index contributed by atoms with van der Waals surface area (Å²) in [6.07, 6.45) is 1.19. The van der Waals surface area contributed by atoms with Gasteiger partial charge in [-0.2, -0.15) is 0 Å². The van der Waals surface area contributed by atoms with Gasteiger partial charge in [-0.3, -0.25) is 0 Å². The van der Waals surface area contributed by atoms with E-state index in [4.69, 9.17) is 0 Å². The molecule has 5 heteroatoms. The molecule has 1 unspecified atom stereocenters. The Hall–Kier alpha value is -2.04. The van der Waals surface area contributed by atoms with Crippen LogP contribution in [-0.2, 0) is 11.2 Å². The molecule has 0 aromatic heterocycles. The maximum absolute atomic E-state index is 11.8. The fraction of sp³-hybridized carbons (Fsp3) is 0.500. The van der Waals surface area contributed by atoms with E-state index in [2.05, 4.69) is 17.6 Å². The molecule has 1 aromatic carbocycles. The molecule has 0 aliphatic heterocycles. The van der Waals surface area contributed by atoms with Gasteiger partial charge < -0.3 is 15.7 Å². The lowest BCUT2D eigenvalue weighted by Gasteiger charge is -2.23. The summed E-state index contributed by atoms with van der Waals surface area (Å²) < 4.78 is 0. The quantitative estimate of drug-likeness (QED) is 0.722. The lowest BCUT2D eigenvalue weighted by atomic mass is 9.90. The van der Waals surface area contributed by atoms with Crippen molar-refractivity contribution in [2.24, 2.45) is 5.41 Å². The molecule has 0 aliphatic rings. The van der Waals surface area contributed by atoms with Crippen LogP contribution in [0.25, 0.3) is 0 Å². The second kappa shape index (κ2) is 7.67. The molecule has 1 rings (SSSR count). The molecule has 0 fully saturated rings. The van der Waals surface area contributed by atoms with Gasteiger partial charge in [0.1, 0.15) is 6.04 Å². The van der Waals surface area contributed by atoms with Gasteiger partial charge in [0.15, 0.2) is 0 Å². The van der Waals surface area contributed by atoms with E-state index in [1.165, 1.54) is 0 Å². The highest BCUT2D eigenvalue weighted by molar-refractivity contribution is 5.82. The minimum Gasteiger partial charge on any atom is -0.480 e. The summed E-state index contributed by atoms with van der Waals surface area (Å²) in [5.41, 5.74) is 0.870. The molecule has 0 radical (unpaired) electrons. The van der Waals surface area contributed by atoms with Crippen molar-refractivity contribution in [2.45, 2.75) is 39.7 Å². The number of nitrogens with one attached hydrogen (secondary N) is 2. The minimum absolute atomic E-state index is 0.00447. The van der Waals surface area contributed by atoms with Gasteiger partial charge in [-0.15, -0.1) is 0 Å². The molecule has 2 amide bonds. The maximum Gasteiger partial charge on any atom is 0.326 e. The van der Waals surface area contributed by atoms with Crippen molar-refractivity contribution >= 4 is 12.0 Å². The van der Waals surface area contributed by atoms with Crippen molar-refractivity contribution in [2.75, 3.05) is 6.54 Å². The molecular formula is C16H24N2O3. The fourth-order valence-electron chi connectivity index (χ4n) is 1.70. The Labute approximate surface area is 125 Å². The SMILES string of the molecule is CCC(C)(C)CNC(=O)NC(Cc1ccccc1)C(=O)O. The zero-order chi connectivity index (χ0) is 15.9. The first-order valence-electron chi connectivity index (χ1n) is 7.15. The van der Waals surface area contributed by atoms with Gasteiger partial charge in [-0.05, 0) is 17.4 Å². The molecule has 1 atom stereocenters. The smallest absolute Gasteiger partial charge is 0.326 e. The second-order valence-electron chi connectivity index (χ2n) is 5.93. The summed E-state index contributed by atoms with van der Waals surface area (Å²) in [6, 6.07) is 7.87. The second-order valence-corrected chi connectivity index (χ2v) is 5.93. The number of carboxylic acid groups (broad SMARTS) is 1. The topological polar surface area (TPSA) is 78.4 Å². The third kappa shape index (κ3) is 6.29. The highest BCUT2D eigenvalue weighted by Gasteiger charge is 2.22. The van der Waals surface area contributed by atoms with Crippen molar-refractivity contribution in [3.05, 3.63) is 35.9 Å². The lowest BCUT2D eigenvalue weighted by molar-refractivity contribution is -0.139. The Morgan fingerprint density at radius 2 is 1.86 bits per heavy atom. The van der Waals surface area contributed by atoms with Crippen molar-refractivity contribution in [1.82, 2.24) is 10.6 Å². The number of rotatable bonds is 7. The first-order chi connectivity index (χ1) is 9.84. The van der Waals surface area contributed by atoms with E-state index in [1.807, 2.05) is 44.2 Å².